The van der Waals surface area contributed by atoms with Crippen molar-refractivity contribution in [2.75, 3.05) is 5.75 Å². The molecule has 1 amide bonds. The summed E-state index contributed by atoms with van der Waals surface area (Å²) in [5, 5.41) is 13.3. The highest BCUT2D eigenvalue weighted by molar-refractivity contribution is 7.85. The van der Waals surface area contributed by atoms with E-state index in [1.807, 2.05) is 0 Å². The summed E-state index contributed by atoms with van der Waals surface area (Å²) in [4.78, 5) is 12.4. The van der Waals surface area contributed by atoms with Gasteiger partial charge in [0.05, 0.1) is 17.9 Å². The molecule has 0 aromatic carbocycles. The summed E-state index contributed by atoms with van der Waals surface area (Å²) in [5.41, 5.74) is 0. The number of unbranched alkanes of at least 4 members (excludes halogenated alkanes) is 23. The third-order valence-corrected chi connectivity index (χ3v) is 9.25. The molecule has 2 unspecified atom stereocenters. The third kappa shape index (κ3) is 32.3. The van der Waals surface area contributed by atoms with E-state index in [0.717, 1.165) is 57.8 Å². The van der Waals surface area contributed by atoms with Gasteiger partial charge in [-0.15, -0.1) is 0 Å². The lowest BCUT2D eigenvalue weighted by molar-refractivity contribution is -0.122. The van der Waals surface area contributed by atoms with E-state index < -0.39 is 28.0 Å². The standard InChI is InChI=1S/C36H71NO5S/c1-3-5-7-9-11-13-15-16-17-18-19-20-22-23-25-27-29-31-35(38)34(33-43(40,41)42)37-36(39)32-30-28-26-24-21-14-12-10-8-6-4-2/h10,12,34-35,38H,3-9,11,13-33H2,1-2H3,(H,37,39)(H,40,41,42)/b12-10-. The quantitative estimate of drug-likeness (QED) is 0.0381. The fourth-order valence-electron chi connectivity index (χ4n) is 5.67. The van der Waals surface area contributed by atoms with Gasteiger partial charge in [0.2, 0.25) is 5.91 Å². The lowest BCUT2D eigenvalue weighted by atomic mass is 10.0. The Bertz CT molecular complexity index is 740. The van der Waals surface area contributed by atoms with E-state index in [2.05, 4.69) is 31.3 Å². The average Bonchev–Trinajstić information content (AvgIpc) is 2.96. The Morgan fingerprint density at radius 1 is 0.605 bits per heavy atom. The molecule has 0 aliphatic rings. The summed E-state index contributed by atoms with van der Waals surface area (Å²) >= 11 is 0. The first-order valence-electron chi connectivity index (χ1n) is 18.4. The van der Waals surface area contributed by atoms with Crippen molar-refractivity contribution in [2.24, 2.45) is 0 Å². The summed E-state index contributed by atoms with van der Waals surface area (Å²) in [6, 6.07) is -0.969. The van der Waals surface area contributed by atoms with Crippen LogP contribution in [0.2, 0.25) is 0 Å². The number of carbonyl (C=O) groups is 1. The molecule has 0 aromatic heterocycles. The van der Waals surface area contributed by atoms with Gasteiger partial charge in [-0.2, -0.15) is 8.42 Å². The average molecular weight is 630 g/mol. The number of allylic oxidation sites excluding steroid dienone is 2. The Morgan fingerprint density at radius 3 is 1.47 bits per heavy atom. The SMILES string of the molecule is CCCC/C=C\CCCCCCCC(=O)NC(CS(=O)(=O)O)C(O)CCCCCCCCCCCCCCCCCCC. The van der Waals surface area contributed by atoms with Gasteiger partial charge in [-0.3, -0.25) is 9.35 Å². The molecule has 0 bridgehead atoms. The summed E-state index contributed by atoms with van der Waals surface area (Å²) in [5.74, 6) is -0.904. The maximum absolute atomic E-state index is 12.4. The lowest BCUT2D eigenvalue weighted by Crippen LogP contribution is -2.47. The lowest BCUT2D eigenvalue weighted by Gasteiger charge is -2.23. The molecule has 0 saturated heterocycles. The molecule has 0 aliphatic carbocycles. The van der Waals surface area contributed by atoms with Crippen molar-refractivity contribution in [3.63, 3.8) is 0 Å². The van der Waals surface area contributed by atoms with E-state index in [1.165, 1.54) is 109 Å². The Morgan fingerprint density at radius 2 is 1.00 bits per heavy atom. The van der Waals surface area contributed by atoms with Crippen LogP contribution >= 0.6 is 0 Å². The third-order valence-electron chi connectivity index (χ3n) is 8.47. The molecule has 2 atom stereocenters. The Balaban J connectivity index is 3.88. The molecule has 0 spiro atoms. The van der Waals surface area contributed by atoms with Crippen LogP contribution < -0.4 is 5.32 Å². The summed E-state index contributed by atoms with van der Waals surface area (Å²) in [6.45, 7) is 4.47. The first-order valence-corrected chi connectivity index (χ1v) is 20.0. The molecule has 0 saturated carbocycles. The van der Waals surface area contributed by atoms with Crippen molar-refractivity contribution < 1.29 is 22.9 Å². The zero-order chi connectivity index (χ0) is 31.9. The van der Waals surface area contributed by atoms with Crippen LogP contribution in [0, 0.1) is 0 Å². The van der Waals surface area contributed by atoms with Gasteiger partial charge in [0, 0.05) is 6.42 Å². The van der Waals surface area contributed by atoms with Crippen LogP contribution in [0.4, 0.5) is 0 Å². The van der Waals surface area contributed by atoms with Gasteiger partial charge < -0.3 is 10.4 Å². The van der Waals surface area contributed by atoms with Crippen molar-refractivity contribution in [2.45, 2.75) is 206 Å². The molecule has 7 heteroatoms. The maximum Gasteiger partial charge on any atom is 0.266 e. The van der Waals surface area contributed by atoms with Gasteiger partial charge >= 0.3 is 0 Å². The summed E-state index contributed by atoms with van der Waals surface area (Å²) in [7, 11) is -4.30. The Labute approximate surface area is 267 Å². The number of rotatable bonds is 33. The second kappa shape index (κ2) is 31.1. The number of hydrogen-bond donors (Lipinski definition) is 3. The smallest absolute Gasteiger partial charge is 0.266 e. The minimum Gasteiger partial charge on any atom is -0.391 e. The van der Waals surface area contributed by atoms with Crippen LogP contribution in [0.5, 0.6) is 0 Å². The van der Waals surface area contributed by atoms with Crippen LogP contribution in [-0.4, -0.2) is 41.9 Å². The number of hydrogen-bond acceptors (Lipinski definition) is 4. The first kappa shape index (κ1) is 42.1. The molecular weight excluding hydrogens is 558 g/mol. The van der Waals surface area contributed by atoms with Gasteiger partial charge in [0.15, 0.2) is 0 Å². The normalized spacial score (nSPS) is 13.5. The van der Waals surface area contributed by atoms with Gasteiger partial charge in [0.25, 0.3) is 10.1 Å². The second-order valence-corrected chi connectivity index (χ2v) is 14.4. The zero-order valence-corrected chi connectivity index (χ0v) is 29.2. The van der Waals surface area contributed by atoms with Crippen molar-refractivity contribution in [1.82, 2.24) is 5.32 Å². The van der Waals surface area contributed by atoms with Crippen molar-refractivity contribution >= 4 is 16.0 Å². The largest absolute Gasteiger partial charge is 0.391 e. The number of aliphatic hydroxyl groups is 1. The van der Waals surface area contributed by atoms with Gasteiger partial charge in [-0.25, -0.2) is 0 Å². The van der Waals surface area contributed by atoms with Crippen molar-refractivity contribution in [3.05, 3.63) is 12.2 Å². The van der Waals surface area contributed by atoms with Crippen LogP contribution in [0.25, 0.3) is 0 Å². The Kier molecular flexibility index (Phi) is 30.4. The van der Waals surface area contributed by atoms with E-state index >= 15 is 0 Å². The van der Waals surface area contributed by atoms with Gasteiger partial charge in [-0.05, 0) is 32.1 Å². The number of nitrogens with one attached hydrogen (secondary N) is 1. The molecule has 0 aliphatic heterocycles. The van der Waals surface area contributed by atoms with E-state index in [1.54, 1.807) is 0 Å². The molecule has 0 rings (SSSR count). The summed E-state index contributed by atoms with van der Waals surface area (Å²) in [6.07, 6.45) is 35.9. The maximum atomic E-state index is 12.4. The monoisotopic (exact) mass is 630 g/mol. The number of aliphatic hydroxyl groups excluding tert-OH is 1. The molecular formula is C36H71NO5S. The Hall–Kier alpha value is -0.920. The molecule has 43 heavy (non-hydrogen) atoms. The van der Waals surface area contributed by atoms with Gasteiger partial charge in [0.1, 0.15) is 0 Å². The molecule has 0 heterocycles. The topological polar surface area (TPSA) is 104 Å². The number of carbonyl (C=O) groups excluding carboxylic acids is 1. The highest BCUT2D eigenvalue weighted by Gasteiger charge is 2.26. The van der Waals surface area contributed by atoms with Crippen molar-refractivity contribution in [3.8, 4) is 0 Å². The van der Waals surface area contributed by atoms with E-state index in [4.69, 9.17) is 0 Å². The predicted molar refractivity (Wildman–Crippen MR) is 184 cm³/mol. The molecule has 6 nitrogen and oxygen atoms in total. The number of amides is 1. The minimum atomic E-state index is -4.30. The fraction of sp³-hybridized carbons (Fsp3) is 0.917. The minimum absolute atomic E-state index is 0.256. The first-order chi connectivity index (χ1) is 20.8. The van der Waals surface area contributed by atoms with Crippen LogP contribution in [0.1, 0.15) is 194 Å². The molecule has 3 N–H and O–H groups in total. The van der Waals surface area contributed by atoms with Crippen molar-refractivity contribution in [1.29, 1.82) is 0 Å². The fourth-order valence-corrected chi connectivity index (χ4v) is 6.43. The molecule has 0 radical (unpaired) electrons. The molecule has 0 fully saturated rings. The van der Waals surface area contributed by atoms with Gasteiger partial charge in [-0.1, -0.05) is 167 Å². The van der Waals surface area contributed by atoms with Crippen LogP contribution in [0.15, 0.2) is 12.2 Å². The zero-order valence-electron chi connectivity index (χ0n) is 28.3. The summed E-state index contributed by atoms with van der Waals surface area (Å²) < 4.78 is 32.4. The highest BCUT2D eigenvalue weighted by Crippen LogP contribution is 2.16. The molecule has 256 valence electrons. The van der Waals surface area contributed by atoms with Crippen LogP contribution in [0.3, 0.4) is 0 Å². The highest BCUT2D eigenvalue weighted by atomic mass is 32.2. The van der Waals surface area contributed by atoms with E-state index in [-0.39, 0.29) is 5.91 Å². The molecule has 0 aromatic rings. The second-order valence-electron chi connectivity index (χ2n) is 12.9. The van der Waals surface area contributed by atoms with E-state index in [9.17, 15) is 22.9 Å². The van der Waals surface area contributed by atoms with E-state index in [0.29, 0.717) is 12.8 Å². The van der Waals surface area contributed by atoms with Crippen LogP contribution in [-0.2, 0) is 14.9 Å². The predicted octanol–water partition coefficient (Wildman–Crippen LogP) is 10.2.